The quantitative estimate of drug-likeness (QED) is 0.687. The molecule has 140 valence electrons. The van der Waals surface area contributed by atoms with Crippen molar-refractivity contribution in [2.24, 2.45) is 11.5 Å². The molecule has 1 atom stereocenters. The second-order valence-electron chi connectivity index (χ2n) is 6.15. The number of benzene rings is 1. The fraction of sp³-hybridized carbons (Fsp3) is 0.263. The standard InChI is InChI=1S/C19H19ClN4O2S/c20-13-6-3-12(4-7-13)5-8-15-10-16(17(27-15)18(21)25)24(19(22)26)14-2-1-9-23-11-14/h3-4,6-7,10,14,23H,1-2,9,11H2,(H2,21,25)(H2,22,26)/t14-/m0/s1. The SMILES string of the molecule is NC(=O)c1sc(C#Cc2ccc(Cl)cc2)cc1N(C(N)=O)[C@H]1CCCNC1. The molecule has 0 saturated carbocycles. The zero-order valence-corrected chi connectivity index (χ0v) is 16.1. The molecule has 1 aliphatic rings. The molecule has 8 heteroatoms. The Kier molecular flexibility index (Phi) is 6.01. The molecule has 5 N–H and O–H groups in total. The molecule has 0 aliphatic carbocycles. The average Bonchev–Trinajstić information content (AvgIpc) is 3.06. The van der Waals surface area contributed by atoms with Crippen LogP contribution in [0.2, 0.25) is 5.02 Å². The number of urea groups is 1. The van der Waals surface area contributed by atoms with E-state index in [1.165, 1.54) is 4.90 Å². The monoisotopic (exact) mass is 402 g/mol. The molecule has 6 nitrogen and oxygen atoms in total. The first-order chi connectivity index (χ1) is 13.0. The van der Waals surface area contributed by atoms with Gasteiger partial charge in [0.05, 0.1) is 16.6 Å². The van der Waals surface area contributed by atoms with Crippen molar-refractivity contribution in [2.45, 2.75) is 18.9 Å². The van der Waals surface area contributed by atoms with Gasteiger partial charge < -0.3 is 16.8 Å². The van der Waals surface area contributed by atoms with Gasteiger partial charge in [-0.05, 0) is 49.7 Å². The Morgan fingerprint density at radius 2 is 1.96 bits per heavy atom. The maximum atomic E-state index is 12.1. The third-order valence-corrected chi connectivity index (χ3v) is 5.55. The maximum Gasteiger partial charge on any atom is 0.319 e. The Bertz CT molecular complexity index is 908. The van der Waals surface area contributed by atoms with E-state index >= 15 is 0 Å². The van der Waals surface area contributed by atoms with Crippen molar-refractivity contribution in [1.29, 1.82) is 0 Å². The van der Waals surface area contributed by atoms with Crippen LogP contribution in [0.4, 0.5) is 10.5 Å². The highest BCUT2D eigenvalue weighted by Crippen LogP contribution is 2.32. The summed E-state index contributed by atoms with van der Waals surface area (Å²) in [5.41, 5.74) is 12.4. The molecule has 3 amide bonds. The normalized spacial score (nSPS) is 16.3. The molecule has 1 saturated heterocycles. The summed E-state index contributed by atoms with van der Waals surface area (Å²) in [6.45, 7) is 1.51. The van der Waals surface area contributed by atoms with E-state index in [1.54, 1.807) is 18.2 Å². The third-order valence-electron chi connectivity index (χ3n) is 4.24. The summed E-state index contributed by atoms with van der Waals surface area (Å²) in [6.07, 6.45) is 1.73. The van der Waals surface area contributed by atoms with Crippen LogP contribution in [0.15, 0.2) is 30.3 Å². The van der Waals surface area contributed by atoms with Gasteiger partial charge in [0, 0.05) is 17.1 Å². The first-order valence-corrected chi connectivity index (χ1v) is 9.66. The van der Waals surface area contributed by atoms with Gasteiger partial charge in [-0.25, -0.2) is 4.79 Å². The van der Waals surface area contributed by atoms with E-state index in [2.05, 4.69) is 17.2 Å². The molecule has 2 aromatic rings. The van der Waals surface area contributed by atoms with Gasteiger partial charge in [0.1, 0.15) is 4.88 Å². The molecular weight excluding hydrogens is 384 g/mol. The van der Waals surface area contributed by atoms with Crippen molar-refractivity contribution >= 4 is 40.6 Å². The minimum absolute atomic E-state index is 0.124. The van der Waals surface area contributed by atoms with Gasteiger partial charge in [-0.1, -0.05) is 23.4 Å². The zero-order chi connectivity index (χ0) is 19.4. The lowest BCUT2D eigenvalue weighted by Crippen LogP contribution is -2.51. The number of nitrogens with two attached hydrogens (primary N) is 2. The number of halogens is 1. The van der Waals surface area contributed by atoms with Crippen LogP contribution in [0.1, 0.15) is 33.0 Å². The minimum atomic E-state index is -0.610. The van der Waals surface area contributed by atoms with Crippen LogP contribution >= 0.6 is 22.9 Å². The zero-order valence-electron chi connectivity index (χ0n) is 14.5. The van der Waals surface area contributed by atoms with Crippen LogP contribution in [-0.4, -0.2) is 31.1 Å². The highest BCUT2D eigenvalue weighted by molar-refractivity contribution is 7.15. The lowest BCUT2D eigenvalue weighted by molar-refractivity contribution is 0.100. The van der Waals surface area contributed by atoms with Crippen molar-refractivity contribution in [2.75, 3.05) is 18.0 Å². The van der Waals surface area contributed by atoms with Gasteiger partial charge in [0.2, 0.25) is 0 Å². The van der Waals surface area contributed by atoms with Crippen molar-refractivity contribution in [3.63, 3.8) is 0 Å². The Morgan fingerprint density at radius 3 is 2.56 bits per heavy atom. The molecule has 0 spiro atoms. The van der Waals surface area contributed by atoms with Gasteiger partial charge in [-0.15, -0.1) is 11.3 Å². The van der Waals surface area contributed by atoms with Gasteiger partial charge >= 0.3 is 6.03 Å². The van der Waals surface area contributed by atoms with E-state index in [9.17, 15) is 9.59 Å². The predicted molar refractivity (Wildman–Crippen MR) is 108 cm³/mol. The molecule has 1 aromatic heterocycles. The fourth-order valence-corrected chi connectivity index (χ4v) is 4.00. The topological polar surface area (TPSA) is 101 Å². The number of rotatable bonds is 3. The third kappa shape index (κ3) is 4.61. The van der Waals surface area contributed by atoms with Gasteiger partial charge in [-0.3, -0.25) is 9.69 Å². The number of anilines is 1. The minimum Gasteiger partial charge on any atom is -0.365 e. The second-order valence-corrected chi connectivity index (χ2v) is 7.64. The fourth-order valence-electron chi connectivity index (χ4n) is 3.01. The van der Waals surface area contributed by atoms with Gasteiger partial charge in [0.15, 0.2) is 0 Å². The number of amides is 3. The summed E-state index contributed by atoms with van der Waals surface area (Å²) in [6, 6.07) is 8.09. The number of thiophene rings is 1. The molecule has 1 aromatic carbocycles. The number of nitrogens with one attached hydrogen (secondary N) is 1. The van der Waals surface area contributed by atoms with Crippen LogP contribution in [-0.2, 0) is 0 Å². The molecule has 1 fully saturated rings. The summed E-state index contributed by atoms with van der Waals surface area (Å²) >= 11 is 7.03. The van der Waals surface area contributed by atoms with Crippen molar-refractivity contribution in [3.05, 3.63) is 50.7 Å². The molecule has 2 heterocycles. The number of nitrogens with zero attached hydrogens (tertiary/aromatic N) is 1. The van der Waals surface area contributed by atoms with E-state index in [4.69, 9.17) is 23.1 Å². The van der Waals surface area contributed by atoms with Crippen molar-refractivity contribution < 1.29 is 9.59 Å². The van der Waals surface area contributed by atoms with Gasteiger partial charge in [0.25, 0.3) is 5.91 Å². The number of carbonyl (C=O) groups is 2. The second kappa shape index (κ2) is 8.44. The predicted octanol–water partition coefficient (Wildman–Crippen LogP) is 2.54. The van der Waals surface area contributed by atoms with Crippen LogP contribution in [0.25, 0.3) is 0 Å². The summed E-state index contributed by atoms with van der Waals surface area (Å²) in [5, 5.41) is 3.88. The number of hydrogen-bond donors (Lipinski definition) is 3. The molecule has 27 heavy (non-hydrogen) atoms. The Hall–Kier alpha value is -2.53. The summed E-state index contributed by atoms with van der Waals surface area (Å²) in [4.78, 5) is 26.4. The lowest BCUT2D eigenvalue weighted by atomic mass is 10.1. The number of primary amides is 2. The summed E-state index contributed by atoms with van der Waals surface area (Å²) in [7, 11) is 0. The Morgan fingerprint density at radius 1 is 1.22 bits per heavy atom. The van der Waals surface area contributed by atoms with Gasteiger partial charge in [-0.2, -0.15) is 0 Å². The van der Waals surface area contributed by atoms with E-state index in [-0.39, 0.29) is 10.9 Å². The first-order valence-electron chi connectivity index (χ1n) is 8.46. The highest BCUT2D eigenvalue weighted by atomic mass is 35.5. The number of carbonyl (C=O) groups excluding carboxylic acids is 2. The molecule has 0 radical (unpaired) electrons. The van der Waals surface area contributed by atoms with Crippen LogP contribution < -0.4 is 21.7 Å². The molecule has 0 unspecified atom stereocenters. The largest absolute Gasteiger partial charge is 0.365 e. The maximum absolute atomic E-state index is 12.1. The van der Waals surface area contributed by atoms with E-state index in [1.807, 2.05) is 12.1 Å². The van der Waals surface area contributed by atoms with E-state index in [0.717, 1.165) is 36.3 Å². The molecule has 1 aliphatic heterocycles. The summed E-state index contributed by atoms with van der Waals surface area (Å²) in [5.74, 6) is 5.43. The van der Waals surface area contributed by atoms with Crippen LogP contribution in [0, 0.1) is 11.8 Å². The van der Waals surface area contributed by atoms with E-state index in [0.29, 0.717) is 22.1 Å². The Labute approximate surface area is 166 Å². The van der Waals surface area contributed by atoms with E-state index < -0.39 is 11.9 Å². The smallest absolute Gasteiger partial charge is 0.319 e. The first kappa shape index (κ1) is 19.2. The molecule has 3 rings (SSSR count). The number of hydrogen-bond acceptors (Lipinski definition) is 4. The number of piperidine rings is 1. The van der Waals surface area contributed by atoms with Crippen molar-refractivity contribution in [1.82, 2.24) is 5.32 Å². The molecule has 0 bridgehead atoms. The highest BCUT2D eigenvalue weighted by Gasteiger charge is 2.29. The summed E-state index contributed by atoms with van der Waals surface area (Å²) < 4.78 is 0. The average molecular weight is 403 g/mol. The van der Waals surface area contributed by atoms with Crippen LogP contribution in [0.3, 0.4) is 0 Å². The Balaban J connectivity index is 1.96. The van der Waals surface area contributed by atoms with Crippen LogP contribution in [0.5, 0.6) is 0 Å². The van der Waals surface area contributed by atoms with Crippen molar-refractivity contribution in [3.8, 4) is 11.8 Å². The lowest BCUT2D eigenvalue weighted by Gasteiger charge is -2.33. The molecular formula is C19H19ClN4O2S.